The van der Waals surface area contributed by atoms with Crippen LogP contribution in [0.4, 0.5) is 39.5 Å². The molecule has 0 radical (unpaired) electrons. The highest BCUT2D eigenvalue weighted by Gasteiger charge is 2.81. The van der Waals surface area contributed by atoms with Gasteiger partial charge in [-0.25, -0.2) is 0 Å². The fourth-order valence-electron chi connectivity index (χ4n) is 2.29. The average molecular weight is 396 g/mol. The van der Waals surface area contributed by atoms with E-state index >= 15 is 0 Å². The smallest absolute Gasteiger partial charge is 0.377 e. The summed E-state index contributed by atoms with van der Waals surface area (Å²) in [6.07, 6.45) is -9.23. The molecule has 0 aliphatic rings. The lowest BCUT2D eigenvalue weighted by atomic mass is 9.94. The lowest BCUT2D eigenvalue weighted by Crippen LogP contribution is -2.61. The van der Waals surface area contributed by atoms with Crippen LogP contribution in [0, 0.1) is 0 Å². The predicted octanol–water partition coefficient (Wildman–Crippen LogP) is 6.18. The number of benzene rings is 1. The Morgan fingerprint density at radius 1 is 0.846 bits per heavy atom. The maximum atomic E-state index is 13.7. The van der Waals surface area contributed by atoms with Gasteiger partial charge in [0.2, 0.25) is 0 Å². The van der Waals surface area contributed by atoms with Crippen LogP contribution in [0.2, 0.25) is 0 Å². The molecular weight excluding hydrogens is 379 g/mol. The number of methoxy groups -OCH3 is 1. The van der Waals surface area contributed by atoms with Crippen molar-refractivity contribution >= 4 is 0 Å². The molecule has 0 saturated carbocycles. The number of halogens is 9. The summed E-state index contributed by atoms with van der Waals surface area (Å²) in [6, 6.07) is 5.56. The first kappa shape index (κ1) is 22.6. The average Bonchev–Trinajstić information content (AvgIpc) is 2.52. The lowest BCUT2D eigenvalue weighted by Gasteiger charge is -2.35. The molecule has 0 aliphatic carbocycles. The van der Waals surface area contributed by atoms with E-state index in [1.807, 2.05) is 6.92 Å². The number of ether oxygens (including phenoxy) is 1. The minimum atomic E-state index is -6.90. The number of alkyl halides is 9. The highest BCUT2D eigenvalue weighted by Crippen LogP contribution is 2.55. The van der Waals surface area contributed by atoms with Crippen molar-refractivity contribution in [2.45, 2.75) is 56.2 Å². The zero-order valence-corrected chi connectivity index (χ0v) is 13.8. The Hall–Kier alpha value is -1.45. The van der Waals surface area contributed by atoms with Gasteiger partial charge in [0.05, 0.1) is 6.10 Å². The van der Waals surface area contributed by atoms with Gasteiger partial charge in [-0.15, -0.1) is 0 Å². The molecule has 0 aliphatic heterocycles. The van der Waals surface area contributed by atoms with E-state index in [9.17, 15) is 39.5 Å². The molecular formula is C16H17F9O. The summed E-state index contributed by atoms with van der Waals surface area (Å²) < 4.78 is 121. The number of aryl methyl sites for hydroxylation is 1. The summed E-state index contributed by atoms with van der Waals surface area (Å²) >= 11 is 0. The van der Waals surface area contributed by atoms with Crippen LogP contribution in [0.3, 0.4) is 0 Å². The van der Waals surface area contributed by atoms with Crippen LogP contribution in [-0.2, 0) is 11.2 Å². The van der Waals surface area contributed by atoms with Gasteiger partial charge >= 0.3 is 23.9 Å². The molecule has 0 aromatic heterocycles. The third-order valence-corrected chi connectivity index (χ3v) is 3.83. The van der Waals surface area contributed by atoms with E-state index in [-0.39, 0.29) is 5.56 Å². The first-order chi connectivity index (χ1) is 11.7. The van der Waals surface area contributed by atoms with E-state index in [1.165, 1.54) is 24.3 Å². The zero-order chi connectivity index (χ0) is 20.4. The third-order valence-electron chi connectivity index (χ3n) is 3.83. The Kier molecular flexibility index (Phi) is 6.65. The van der Waals surface area contributed by atoms with Gasteiger partial charge in [-0.05, 0) is 17.5 Å². The minimum Gasteiger partial charge on any atom is -0.377 e. The summed E-state index contributed by atoms with van der Waals surface area (Å²) in [7, 11) is 0.862. The van der Waals surface area contributed by atoms with E-state index in [1.54, 1.807) is 0 Å². The summed E-state index contributed by atoms with van der Waals surface area (Å²) in [5.41, 5.74) is 0.768. The van der Waals surface area contributed by atoms with Gasteiger partial charge in [0.25, 0.3) is 0 Å². The highest BCUT2D eigenvalue weighted by atomic mass is 19.4. The fourth-order valence-corrected chi connectivity index (χ4v) is 2.29. The van der Waals surface area contributed by atoms with Crippen LogP contribution in [0.5, 0.6) is 0 Å². The molecule has 0 spiro atoms. The molecule has 0 heterocycles. The van der Waals surface area contributed by atoms with E-state index in [4.69, 9.17) is 0 Å². The summed E-state index contributed by atoms with van der Waals surface area (Å²) in [5.74, 6) is -19.2. The fraction of sp³-hybridized carbons (Fsp3) is 0.625. The van der Waals surface area contributed by atoms with E-state index < -0.39 is 36.5 Å². The molecule has 0 bridgehead atoms. The molecule has 150 valence electrons. The molecule has 0 N–H and O–H groups in total. The van der Waals surface area contributed by atoms with Crippen molar-refractivity contribution in [1.29, 1.82) is 0 Å². The normalized spacial score (nSPS) is 15.2. The van der Waals surface area contributed by atoms with E-state index in [0.717, 1.165) is 19.1 Å². The first-order valence-corrected chi connectivity index (χ1v) is 7.53. The molecule has 1 nitrogen and oxygen atoms in total. The van der Waals surface area contributed by atoms with Crippen molar-refractivity contribution in [3.63, 3.8) is 0 Å². The number of rotatable bonds is 8. The predicted molar refractivity (Wildman–Crippen MR) is 75.7 cm³/mol. The van der Waals surface area contributed by atoms with Crippen molar-refractivity contribution in [2.75, 3.05) is 7.11 Å². The van der Waals surface area contributed by atoms with Crippen LogP contribution < -0.4 is 0 Å². The largest absolute Gasteiger partial charge is 0.460 e. The van der Waals surface area contributed by atoms with Gasteiger partial charge in [0.1, 0.15) is 0 Å². The lowest BCUT2D eigenvalue weighted by molar-refractivity contribution is -0.398. The molecule has 10 heteroatoms. The van der Waals surface area contributed by atoms with Gasteiger partial charge in [-0.1, -0.05) is 37.6 Å². The molecule has 1 aromatic rings. The van der Waals surface area contributed by atoms with E-state index in [0.29, 0.717) is 6.42 Å². The second-order valence-electron chi connectivity index (χ2n) is 5.77. The Bertz CT molecular complexity index is 578. The van der Waals surface area contributed by atoms with E-state index in [2.05, 4.69) is 4.74 Å². The van der Waals surface area contributed by atoms with Crippen LogP contribution in [-0.4, -0.2) is 31.1 Å². The molecule has 0 saturated heterocycles. The first-order valence-electron chi connectivity index (χ1n) is 7.53. The van der Waals surface area contributed by atoms with Gasteiger partial charge in [0, 0.05) is 13.5 Å². The maximum absolute atomic E-state index is 13.7. The number of hydrogen-bond donors (Lipinski definition) is 0. The van der Waals surface area contributed by atoms with Crippen molar-refractivity contribution in [3.05, 3.63) is 35.4 Å². The number of hydrogen-bond acceptors (Lipinski definition) is 1. The van der Waals surface area contributed by atoms with Crippen LogP contribution in [0.25, 0.3) is 0 Å². The Balaban J connectivity index is 3.11. The summed E-state index contributed by atoms with van der Waals surface area (Å²) in [5, 5.41) is 0. The second kappa shape index (κ2) is 7.66. The van der Waals surface area contributed by atoms with Gasteiger partial charge < -0.3 is 4.74 Å². The molecule has 0 amide bonds. The van der Waals surface area contributed by atoms with Crippen molar-refractivity contribution < 1.29 is 44.3 Å². The SMILES string of the molecule is CCCc1ccc(C(CC(F)(F)C(F)(F)C(F)(F)C(F)(F)F)OC)cc1. The molecule has 1 rings (SSSR count). The summed E-state index contributed by atoms with van der Waals surface area (Å²) in [6.45, 7) is 1.88. The molecule has 1 atom stereocenters. The van der Waals surface area contributed by atoms with Gasteiger partial charge in [-0.2, -0.15) is 39.5 Å². The van der Waals surface area contributed by atoms with Crippen molar-refractivity contribution in [1.82, 2.24) is 0 Å². The quantitative estimate of drug-likeness (QED) is 0.477. The second-order valence-corrected chi connectivity index (χ2v) is 5.77. The maximum Gasteiger partial charge on any atom is 0.460 e. The standard InChI is InChI=1S/C16H17F9O/c1-3-4-10-5-7-11(8-6-10)12(26-2)9-13(17,18)14(19,20)15(21,22)16(23,24)25/h5-8,12H,3-4,9H2,1-2H3. The Morgan fingerprint density at radius 3 is 1.73 bits per heavy atom. The molecule has 1 unspecified atom stereocenters. The molecule has 0 fully saturated rings. The highest BCUT2D eigenvalue weighted by molar-refractivity contribution is 5.25. The molecule has 1 aromatic carbocycles. The van der Waals surface area contributed by atoms with Gasteiger partial charge in [-0.3, -0.25) is 0 Å². The van der Waals surface area contributed by atoms with Crippen molar-refractivity contribution in [3.8, 4) is 0 Å². The minimum absolute atomic E-state index is 0.0434. The van der Waals surface area contributed by atoms with Crippen LogP contribution >= 0.6 is 0 Å². The Labute approximate surface area is 144 Å². The monoisotopic (exact) mass is 396 g/mol. The van der Waals surface area contributed by atoms with Crippen molar-refractivity contribution in [2.24, 2.45) is 0 Å². The third kappa shape index (κ3) is 4.27. The Morgan fingerprint density at radius 2 is 1.35 bits per heavy atom. The topological polar surface area (TPSA) is 9.23 Å². The van der Waals surface area contributed by atoms with Crippen LogP contribution in [0.1, 0.15) is 37.0 Å². The van der Waals surface area contributed by atoms with Gasteiger partial charge in [0.15, 0.2) is 0 Å². The zero-order valence-electron chi connectivity index (χ0n) is 13.8. The van der Waals surface area contributed by atoms with Crippen LogP contribution in [0.15, 0.2) is 24.3 Å². The molecule has 26 heavy (non-hydrogen) atoms. The summed E-state index contributed by atoms with van der Waals surface area (Å²) in [4.78, 5) is 0.